The van der Waals surface area contributed by atoms with E-state index in [0.717, 1.165) is 5.56 Å². The van der Waals surface area contributed by atoms with E-state index in [2.05, 4.69) is 29.1 Å². The first-order chi connectivity index (χ1) is 13.4. The van der Waals surface area contributed by atoms with Crippen molar-refractivity contribution in [3.63, 3.8) is 0 Å². The highest BCUT2D eigenvalue weighted by molar-refractivity contribution is 5.95. The molecule has 0 aliphatic rings. The lowest BCUT2D eigenvalue weighted by molar-refractivity contribution is 0.0948. The summed E-state index contributed by atoms with van der Waals surface area (Å²) < 4.78 is 1.47. The lowest BCUT2D eigenvalue weighted by atomic mass is 10.0. The van der Waals surface area contributed by atoms with E-state index in [1.165, 1.54) is 17.0 Å². The molecule has 2 N–H and O–H groups in total. The summed E-state index contributed by atoms with van der Waals surface area (Å²) in [5.74, 6) is -0.177. The van der Waals surface area contributed by atoms with E-state index < -0.39 is 11.5 Å². The van der Waals surface area contributed by atoms with E-state index in [1.807, 2.05) is 24.3 Å². The number of H-pyrrole nitrogens is 1. The van der Waals surface area contributed by atoms with Crippen molar-refractivity contribution < 1.29 is 4.79 Å². The number of hydrogen-bond donors (Lipinski definition) is 2. The van der Waals surface area contributed by atoms with Gasteiger partial charge in [0, 0.05) is 18.0 Å². The molecule has 0 aliphatic heterocycles. The Hall–Kier alpha value is -3.48. The van der Waals surface area contributed by atoms with E-state index in [4.69, 9.17) is 0 Å². The molecule has 7 heteroatoms. The van der Waals surface area contributed by atoms with Gasteiger partial charge >= 0.3 is 0 Å². The Labute approximate surface area is 162 Å². The van der Waals surface area contributed by atoms with Gasteiger partial charge in [0.2, 0.25) is 0 Å². The quantitative estimate of drug-likeness (QED) is 0.712. The lowest BCUT2D eigenvalue weighted by Crippen LogP contribution is -2.33. The monoisotopic (exact) mass is 378 g/mol. The van der Waals surface area contributed by atoms with Crippen molar-refractivity contribution in [2.75, 3.05) is 0 Å². The Morgan fingerprint density at radius 1 is 1.21 bits per heavy atom. The largest absolute Gasteiger partial charge is 0.346 e. The van der Waals surface area contributed by atoms with Gasteiger partial charge in [0.25, 0.3) is 17.0 Å². The number of benzene rings is 1. The lowest BCUT2D eigenvalue weighted by Gasteiger charge is -2.13. The molecule has 0 bridgehead atoms. The maximum atomic E-state index is 13.0. The van der Waals surface area contributed by atoms with E-state index in [9.17, 15) is 14.4 Å². The maximum Gasteiger partial charge on any atom is 0.268 e. The van der Waals surface area contributed by atoms with Gasteiger partial charge < -0.3 is 10.3 Å². The van der Waals surface area contributed by atoms with Crippen LogP contribution in [0, 0.1) is 6.92 Å². The summed E-state index contributed by atoms with van der Waals surface area (Å²) in [6.45, 7) is 5.94. The molecule has 28 heavy (non-hydrogen) atoms. The molecule has 0 atom stereocenters. The second-order valence-electron chi connectivity index (χ2n) is 6.88. The highest BCUT2D eigenvalue weighted by atomic mass is 16.2. The molecule has 0 spiro atoms. The number of pyridine rings is 1. The van der Waals surface area contributed by atoms with Crippen LogP contribution in [-0.2, 0) is 6.54 Å². The van der Waals surface area contributed by atoms with Gasteiger partial charge in [0.15, 0.2) is 0 Å². The van der Waals surface area contributed by atoms with Gasteiger partial charge in [-0.2, -0.15) is 0 Å². The number of rotatable bonds is 5. The van der Waals surface area contributed by atoms with Crippen LogP contribution < -0.4 is 16.4 Å². The second kappa shape index (κ2) is 8.04. The minimum atomic E-state index is -0.501. The molecule has 3 rings (SSSR count). The summed E-state index contributed by atoms with van der Waals surface area (Å²) in [5, 5.41) is 2.66. The predicted octanol–water partition coefficient (Wildman–Crippen LogP) is 2.28. The molecule has 0 saturated carbocycles. The smallest absolute Gasteiger partial charge is 0.268 e. The van der Waals surface area contributed by atoms with Crippen molar-refractivity contribution in [1.29, 1.82) is 0 Å². The number of hydrogen-bond acceptors (Lipinski definition) is 4. The van der Waals surface area contributed by atoms with E-state index >= 15 is 0 Å². The number of carbonyl (C=O) groups is 1. The highest BCUT2D eigenvalue weighted by Gasteiger charge is 2.17. The molecule has 1 amide bonds. The fourth-order valence-electron chi connectivity index (χ4n) is 2.90. The number of carbonyl (C=O) groups excluding carboxylic acids is 1. The highest BCUT2D eigenvalue weighted by Crippen LogP contribution is 2.17. The van der Waals surface area contributed by atoms with Crippen molar-refractivity contribution in [3.8, 4) is 5.69 Å². The number of aromatic nitrogens is 3. The molecule has 2 heterocycles. The summed E-state index contributed by atoms with van der Waals surface area (Å²) in [7, 11) is 0. The molecule has 144 valence electrons. The van der Waals surface area contributed by atoms with Crippen molar-refractivity contribution in [2.24, 2.45) is 0 Å². The SMILES string of the molecule is Cc1ccn(-c2cccc(C(C)C)c2)c(=O)c1C(=O)NCc1cc(=O)[nH]cn1. The third-order valence-corrected chi connectivity index (χ3v) is 4.51. The number of aromatic amines is 1. The van der Waals surface area contributed by atoms with Gasteiger partial charge in [-0.3, -0.25) is 19.0 Å². The van der Waals surface area contributed by atoms with Crippen molar-refractivity contribution in [3.05, 3.63) is 92.0 Å². The Balaban J connectivity index is 1.92. The van der Waals surface area contributed by atoms with Gasteiger partial charge in [-0.1, -0.05) is 26.0 Å². The summed E-state index contributed by atoms with van der Waals surface area (Å²) in [4.78, 5) is 43.4. The summed E-state index contributed by atoms with van der Waals surface area (Å²) in [5.41, 5.74) is 2.19. The van der Waals surface area contributed by atoms with Crippen LogP contribution in [-0.4, -0.2) is 20.4 Å². The van der Waals surface area contributed by atoms with Crippen LogP contribution in [0.2, 0.25) is 0 Å². The third kappa shape index (κ3) is 4.09. The van der Waals surface area contributed by atoms with Crippen LogP contribution >= 0.6 is 0 Å². The second-order valence-corrected chi connectivity index (χ2v) is 6.88. The third-order valence-electron chi connectivity index (χ3n) is 4.51. The van der Waals surface area contributed by atoms with Crippen LogP contribution in [0.1, 0.15) is 46.9 Å². The van der Waals surface area contributed by atoms with Gasteiger partial charge in [0.05, 0.1) is 18.6 Å². The molecule has 0 aliphatic carbocycles. The van der Waals surface area contributed by atoms with Crippen LogP contribution in [0.25, 0.3) is 5.69 Å². The first kappa shape index (κ1) is 19.3. The molecular formula is C21H22N4O3. The van der Waals surface area contributed by atoms with Crippen molar-refractivity contribution in [2.45, 2.75) is 33.2 Å². The van der Waals surface area contributed by atoms with Crippen LogP contribution in [0.15, 0.2) is 58.5 Å². The molecular weight excluding hydrogens is 356 g/mol. The van der Waals surface area contributed by atoms with Crippen LogP contribution in [0.3, 0.4) is 0 Å². The minimum absolute atomic E-state index is 0.0549. The van der Waals surface area contributed by atoms with E-state index in [-0.39, 0.29) is 17.7 Å². The van der Waals surface area contributed by atoms with Crippen LogP contribution in [0.4, 0.5) is 0 Å². The normalized spacial score (nSPS) is 10.9. The maximum absolute atomic E-state index is 13.0. The van der Waals surface area contributed by atoms with Gasteiger partial charge in [-0.15, -0.1) is 0 Å². The summed E-state index contributed by atoms with van der Waals surface area (Å²) >= 11 is 0. The summed E-state index contributed by atoms with van der Waals surface area (Å²) in [6.07, 6.45) is 2.94. The zero-order chi connectivity index (χ0) is 20.3. The van der Waals surface area contributed by atoms with Crippen molar-refractivity contribution >= 4 is 5.91 Å². The van der Waals surface area contributed by atoms with E-state index in [1.54, 1.807) is 19.2 Å². The molecule has 0 fully saturated rings. The minimum Gasteiger partial charge on any atom is -0.346 e. The number of aryl methyl sites for hydroxylation is 1. The standard InChI is InChI=1S/C21H22N4O3/c1-13(2)15-5-4-6-17(9-15)25-8-7-14(3)19(21(25)28)20(27)22-11-16-10-18(26)24-12-23-16/h4-10,12-13H,11H2,1-3H3,(H,22,27)(H,23,24,26). The predicted molar refractivity (Wildman–Crippen MR) is 107 cm³/mol. The number of amides is 1. The molecule has 7 nitrogen and oxygen atoms in total. The molecule has 2 aromatic heterocycles. The zero-order valence-corrected chi connectivity index (χ0v) is 16.0. The van der Waals surface area contributed by atoms with Crippen molar-refractivity contribution in [1.82, 2.24) is 19.9 Å². The Kier molecular flexibility index (Phi) is 5.54. The van der Waals surface area contributed by atoms with Gasteiger partial charge in [-0.05, 0) is 42.2 Å². The average Bonchev–Trinajstić information content (AvgIpc) is 2.66. The molecule has 0 radical (unpaired) electrons. The topological polar surface area (TPSA) is 96.9 Å². The zero-order valence-electron chi connectivity index (χ0n) is 16.0. The Morgan fingerprint density at radius 3 is 2.71 bits per heavy atom. The Bertz CT molecular complexity index is 1130. The molecule has 0 unspecified atom stereocenters. The number of nitrogens with zero attached hydrogens (tertiary/aromatic N) is 2. The first-order valence-electron chi connectivity index (χ1n) is 9.01. The van der Waals surface area contributed by atoms with Crippen LogP contribution in [0.5, 0.6) is 0 Å². The first-order valence-corrected chi connectivity index (χ1v) is 9.01. The molecule has 0 saturated heterocycles. The Morgan fingerprint density at radius 2 is 2.00 bits per heavy atom. The van der Waals surface area contributed by atoms with E-state index in [0.29, 0.717) is 22.9 Å². The fraction of sp³-hybridized carbons (Fsp3) is 0.238. The summed E-state index contributed by atoms with van der Waals surface area (Å²) in [6, 6.07) is 10.7. The molecule has 3 aromatic rings. The average molecular weight is 378 g/mol. The van der Waals surface area contributed by atoms with Gasteiger partial charge in [0.1, 0.15) is 5.56 Å². The molecule has 1 aromatic carbocycles. The van der Waals surface area contributed by atoms with Gasteiger partial charge in [-0.25, -0.2) is 4.98 Å². The fourth-order valence-corrected chi connectivity index (χ4v) is 2.90. The number of nitrogens with one attached hydrogen (secondary N) is 2.